The van der Waals surface area contributed by atoms with Crippen LogP contribution in [0.3, 0.4) is 0 Å². The molecule has 2 aliphatic rings. The predicted octanol–water partition coefficient (Wildman–Crippen LogP) is 8.34. The summed E-state index contributed by atoms with van der Waals surface area (Å²) in [6.45, 7) is 11.4. The summed E-state index contributed by atoms with van der Waals surface area (Å²) in [5, 5.41) is 38.3. The van der Waals surface area contributed by atoms with Gasteiger partial charge in [-0.15, -0.1) is 32.9 Å². The first kappa shape index (κ1) is 43.0. The maximum Gasteiger partial charge on any atom is 0.325 e. The molecule has 9 rings (SSSR count). The van der Waals surface area contributed by atoms with Crippen LogP contribution in [0.15, 0.2) is 83.0 Å². The molecule has 2 amide bonds. The molecule has 5 aromatic heterocycles. The highest BCUT2D eigenvalue weighted by molar-refractivity contribution is 7.19. The lowest BCUT2D eigenvalue weighted by Gasteiger charge is -2.32. The molecule has 17 heteroatoms. The summed E-state index contributed by atoms with van der Waals surface area (Å²) in [5.41, 5.74) is 7.28. The predicted molar refractivity (Wildman–Crippen MR) is 245 cm³/mol. The van der Waals surface area contributed by atoms with Crippen molar-refractivity contribution in [2.24, 2.45) is 5.92 Å². The fourth-order valence-corrected chi connectivity index (χ4v) is 10.9. The molecule has 0 spiro atoms. The van der Waals surface area contributed by atoms with Crippen molar-refractivity contribution in [3.8, 4) is 39.3 Å². The number of β-amino-alcohol motifs (C(OH)–C–C–N with tert-alkyl or cyclic N) is 1. The van der Waals surface area contributed by atoms with Crippen LogP contribution in [0, 0.1) is 19.8 Å². The number of rotatable bonds is 12. The van der Waals surface area contributed by atoms with Crippen LogP contribution in [0.25, 0.3) is 31.9 Å². The van der Waals surface area contributed by atoms with Crippen LogP contribution in [-0.4, -0.2) is 89.0 Å². The molecule has 330 valence electrons. The summed E-state index contributed by atoms with van der Waals surface area (Å²) >= 11 is 3.27. The quantitative estimate of drug-likeness (QED) is 0.106. The Kier molecular flexibility index (Phi) is 12.1. The number of aliphatic hydroxyl groups is 1. The highest BCUT2D eigenvalue weighted by Gasteiger charge is 2.43. The number of amides is 2. The van der Waals surface area contributed by atoms with E-state index in [0.717, 1.165) is 63.7 Å². The van der Waals surface area contributed by atoms with E-state index >= 15 is 0 Å². The lowest BCUT2D eigenvalue weighted by Crippen LogP contribution is -2.48. The Morgan fingerprint density at radius 2 is 1.77 bits per heavy atom. The second-order valence-electron chi connectivity index (χ2n) is 16.9. The van der Waals surface area contributed by atoms with E-state index in [1.807, 2.05) is 81.7 Å². The van der Waals surface area contributed by atoms with Crippen LogP contribution in [0.4, 0.5) is 5.82 Å². The molecule has 2 saturated heterocycles. The summed E-state index contributed by atoms with van der Waals surface area (Å²) in [5.74, 6) is -0.0856. The second-order valence-corrected chi connectivity index (χ2v) is 18.8. The SMILES string of the molecule is Cc1ncsc1-c1ccc([C@H](C)NC(=O)[C@@H]2C[C@@H](O)CN2C(=O)[C@@H](c2cc(Oc3nccc(N4CCC(c5sc6nnc(-c7ccccc7O)cc6c5C)CC4)n3)no2)C(C)C)cc1. The highest BCUT2D eigenvalue weighted by atomic mass is 32.1. The lowest BCUT2D eigenvalue weighted by molar-refractivity contribution is -0.141. The molecule has 2 fully saturated rings. The number of hydrogen-bond donors (Lipinski definition) is 3. The monoisotopic (exact) mass is 899 g/mol. The number of fused-ring (bicyclic) bond motifs is 1. The number of nitrogens with one attached hydrogen (secondary N) is 1. The number of para-hydroxylation sites is 1. The van der Waals surface area contributed by atoms with Gasteiger partial charge in [-0.05, 0) is 91.6 Å². The minimum atomic E-state index is -0.863. The van der Waals surface area contributed by atoms with E-state index in [0.29, 0.717) is 17.2 Å². The van der Waals surface area contributed by atoms with Crippen LogP contribution in [0.2, 0.25) is 0 Å². The van der Waals surface area contributed by atoms with Gasteiger partial charge in [-0.2, -0.15) is 4.98 Å². The summed E-state index contributed by atoms with van der Waals surface area (Å²) in [7, 11) is 0. The van der Waals surface area contributed by atoms with Crippen molar-refractivity contribution in [1.29, 1.82) is 0 Å². The van der Waals surface area contributed by atoms with Crippen molar-refractivity contribution in [3.05, 3.63) is 106 Å². The van der Waals surface area contributed by atoms with Gasteiger partial charge in [0.15, 0.2) is 5.76 Å². The molecular formula is C47H49N9O6S2. The normalized spacial score (nSPS) is 17.9. The molecule has 2 aromatic carbocycles. The van der Waals surface area contributed by atoms with Crippen molar-refractivity contribution in [3.63, 3.8) is 0 Å². The Morgan fingerprint density at radius 1 is 0.984 bits per heavy atom. The molecule has 0 radical (unpaired) electrons. The molecule has 7 aromatic rings. The van der Waals surface area contributed by atoms with Crippen molar-refractivity contribution in [2.45, 2.75) is 83.9 Å². The van der Waals surface area contributed by atoms with E-state index in [-0.39, 0.29) is 60.1 Å². The molecule has 15 nitrogen and oxygen atoms in total. The number of thiazole rings is 1. The number of likely N-dealkylation sites (tertiary alicyclic amines) is 1. The van der Waals surface area contributed by atoms with E-state index < -0.39 is 18.1 Å². The largest absolute Gasteiger partial charge is 0.507 e. The minimum absolute atomic E-state index is 0.0207. The summed E-state index contributed by atoms with van der Waals surface area (Å²) in [6.07, 6.45) is 2.75. The Hall–Kier alpha value is -6.30. The van der Waals surface area contributed by atoms with Crippen molar-refractivity contribution < 1.29 is 29.1 Å². The summed E-state index contributed by atoms with van der Waals surface area (Å²) < 4.78 is 11.7. The van der Waals surface area contributed by atoms with E-state index in [2.05, 4.69) is 42.5 Å². The molecule has 2 aliphatic heterocycles. The van der Waals surface area contributed by atoms with Gasteiger partial charge in [0.25, 0.3) is 5.88 Å². The number of phenols is 1. The zero-order chi connectivity index (χ0) is 44.6. The number of carbonyl (C=O) groups excluding carboxylic acids is 2. The van der Waals surface area contributed by atoms with Crippen LogP contribution in [0.5, 0.6) is 17.6 Å². The van der Waals surface area contributed by atoms with Gasteiger partial charge in [0.05, 0.1) is 33.9 Å². The third-order valence-electron chi connectivity index (χ3n) is 12.3. The number of aromatic hydroxyl groups is 1. The summed E-state index contributed by atoms with van der Waals surface area (Å²) in [6, 6.07) is 19.5. The first-order valence-corrected chi connectivity index (χ1v) is 23.2. The number of nitrogens with zero attached hydrogens (tertiary/aromatic N) is 8. The first-order valence-electron chi connectivity index (χ1n) is 21.5. The van der Waals surface area contributed by atoms with E-state index in [4.69, 9.17) is 14.2 Å². The van der Waals surface area contributed by atoms with Crippen LogP contribution in [0.1, 0.15) is 85.4 Å². The van der Waals surface area contributed by atoms with Crippen LogP contribution >= 0.6 is 22.7 Å². The standard InChI is InChI=1S/C47H49N9O6S2/c1-25(2)41(46(60)56-23-32(57)20-36(56)44(59)50-27(4)29-10-12-30(13-11-29)43-28(5)49-24-63-43)38-22-40(54-62-38)61-47-48-17-14-39(51-47)55-18-15-31(16-19-55)42-26(3)34-21-35(52-53-45(34)64-42)33-8-6-7-9-37(33)58/h6-14,17,21-22,24-25,27,31-32,36,41,57-58H,15-16,18-20,23H2,1-5H3,(H,50,59)/t27-,32+,36-,41+/m0/s1. The number of phenolic OH excluding ortho intramolecular Hbond substituents is 1. The maximum absolute atomic E-state index is 14.3. The molecule has 0 unspecified atom stereocenters. The molecule has 7 heterocycles. The van der Waals surface area contributed by atoms with Gasteiger partial charge >= 0.3 is 6.01 Å². The van der Waals surface area contributed by atoms with E-state index in [1.165, 1.54) is 15.3 Å². The zero-order valence-corrected chi connectivity index (χ0v) is 37.8. The van der Waals surface area contributed by atoms with Gasteiger partial charge in [-0.25, -0.2) is 9.97 Å². The number of aryl methyl sites for hydroxylation is 2. The smallest absolute Gasteiger partial charge is 0.325 e. The topological polar surface area (TPSA) is 193 Å². The number of piperidine rings is 1. The molecular weight excluding hydrogens is 851 g/mol. The molecule has 4 atom stereocenters. The Bertz CT molecular complexity index is 2800. The molecule has 3 N–H and O–H groups in total. The van der Waals surface area contributed by atoms with Crippen molar-refractivity contribution in [1.82, 2.24) is 40.5 Å². The van der Waals surface area contributed by atoms with Crippen molar-refractivity contribution in [2.75, 3.05) is 24.5 Å². The van der Waals surface area contributed by atoms with Gasteiger partial charge < -0.3 is 34.6 Å². The van der Waals surface area contributed by atoms with Crippen LogP contribution in [-0.2, 0) is 9.59 Å². The van der Waals surface area contributed by atoms with Gasteiger partial charge in [-0.1, -0.05) is 50.2 Å². The summed E-state index contributed by atoms with van der Waals surface area (Å²) in [4.78, 5) is 48.4. The number of anilines is 1. The van der Waals surface area contributed by atoms with Crippen molar-refractivity contribution >= 4 is 50.5 Å². The van der Waals surface area contributed by atoms with Gasteiger partial charge in [0.2, 0.25) is 11.8 Å². The number of ether oxygens (including phenoxy) is 1. The molecule has 0 saturated carbocycles. The van der Waals surface area contributed by atoms with Crippen LogP contribution < -0.4 is 15.0 Å². The number of thiophene rings is 1. The molecule has 0 aliphatic carbocycles. The average molecular weight is 900 g/mol. The zero-order valence-electron chi connectivity index (χ0n) is 36.1. The number of benzene rings is 2. The average Bonchev–Trinajstić information content (AvgIpc) is 4.11. The fourth-order valence-electron chi connectivity index (χ4n) is 8.85. The Morgan fingerprint density at radius 3 is 2.50 bits per heavy atom. The first-order chi connectivity index (χ1) is 30.9. The Balaban J connectivity index is 0.828. The lowest BCUT2D eigenvalue weighted by atomic mass is 9.91. The number of hydrogen-bond acceptors (Lipinski definition) is 15. The maximum atomic E-state index is 14.3. The highest BCUT2D eigenvalue weighted by Crippen LogP contribution is 2.41. The van der Waals surface area contributed by atoms with E-state index in [1.54, 1.807) is 47.1 Å². The number of carbonyl (C=O) groups is 2. The van der Waals surface area contributed by atoms with Gasteiger partial charge in [0.1, 0.15) is 28.4 Å². The minimum Gasteiger partial charge on any atom is -0.507 e. The molecule has 64 heavy (non-hydrogen) atoms. The Labute approximate surface area is 378 Å². The third kappa shape index (κ3) is 8.66. The van der Waals surface area contributed by atoms with Gasteiger partial charge in [0, 0.05) is 54.1 Å². The molecule has 0 bridgehead atoms. The number of aromatic nitrogens is 6. The second kappa shape index (κ2) is 18.1. The fraction of sp³-hybridized carbons (Fsp3) is 0.362. The third-order valence-corrected chi connectivity index (χ3v) is 14.6. The van der Waals surface area contributed by atoms with E-state index in [9.17, 15) is 19.8 Å². The van der Waals surface area contributed by atoms with Gasteiger partial charge in [-0.3, -0.25) is 9.59 Å². The number of aliphatic hydroxyl groups excluding tert-OH is 1.